The Morgan fingerprint density at radius 1 is 1.11 bits per heavy atom. The maximum atomic E-state index is 11.8. The maximum absolute atomic E-state index is 11.8. The van der Waals surface area contributed by atoms with Crippen molar-refractivity contribution in [1.29, 1.82) is 0 Å². The number of aromatic hydroxyl groups is 1. The second-order valence-electron chi connectivity index (χ2n) is 3.94. The minimum absolute atomic E-state index is 0.112. The first-order valence-corrected chi connectivity index (χ1v) is 5.58. The number of phenolic OH excluding ortho intramolecular Hbond substituents is 1. The average Bonchev–Trinajstić information content (AvgIpc) is 2.35. The normalized spacial score (nSPS) is 10.0. The molecule has 0 unspecified atom stereocenters. The van der Waals surface area contributed by atoms with E-state index in [0.717, 1.165) is 0 Å². The zero-order valence-electron chi connectivity index (χ0n) is 9.76. The summed E-state index contributed by atoms with van der Waals surface area (Å²) >= 11 is 0. The molecule has 4 heteroatoms. The highest BCUT2D eigenvalue weighted by Gasteiger charge is 2.08. The number of anilines is 2. The van der Waals surface area contributed by atoms with Crippen molar-refractivity contribution in [2.24, 2.45) is 0 Å². The van der Waals surface area contributed by atoms with Crippen LogP contribution in [-0.4, -0.2) is 11.0 Å². The predicted octanol–water partition coefficient (Wildman–Crippen LogP) is 2.16. The summed E-state index contributed by atoms with van der Waals surface area (Å²) in [6, 6.07) is 13.8. The van der Waals surface area contributed by atoms with Crippen LogP contribution in [0, 0.1) is 0 Å². The number of phenols is 1. The molecule has 0 fully saturated rings. The molecule has 0 aliphatic carbocycles. The third kappa shape index (κ3) is 2.79. The standard InChI is InChI=1S/C14H14N2O2/c15-11-6-2-3-7-12(11)16-14(18)9-10-5-1-4-8-13(10)17/h1-8,17H,9,15H2,(H,16,18). The van der Waals surface area contributed by atoms with Gasteiger partial charge in [0.15, 0.2) is 0 Å². The topological polar surface area (TPSA) is 75.3 Å². The van der Waals surface area contributed by atoms with E-state index in [4.69, 9.17) is 5.73 Å². The van der Waals surface area contributed by atoms with Crippen molar-refractivity contribution in [3.05, 3.63) is 54.1 Å². The summed E-state index contributed by atoms with van der Waals surface area (Å²) in [7, 11) is 0. The van der Waals surface area contributed by atoms with Gasteiger partial charge >= 0.3 is 0 Å². The molecule has 4 N–H and O–H groups in total. The summed E-state index contributed by atoms with van der Waals surface area (Å²) in [6.07, 6.45) is 0.112. The second kappa shape index (κ2) is 5.23. The number of hydrogen-bond donors (Lipinski definition) is 3. The number of rotatable bonds is 3. The summed E-state index contributed by atoms with van der Waals surface area (Å²) in [5, 5.41) is 12.3. The number of nitrogen functional groups attached to an aromatic ring is 1. The molecule has 2 aromatic carbocycles. The molecule has 0 saturated heterocycles. The SMILES string of the molecule is Nc1ccccc1NC(=O)Cc1ccccc1O. The van der Waals surface area contributed by atoms with Crippen molar-refractivity contribution in [1.82, 2.24) is 0 Å². The van der Waals surface area contributed by atoms with Crippen molar-refractivity contribution in [2.45, 2.75) is 6.42 Å². The Balaban J connectivity index is 2.06. The molecule has 0 saturated carbocycles. The first kappa shape index (κ1) is 12.0. The fourth-order valence-corrected chi connectivity index (χ4v) is 1.64. The monoisotopic (exact) mass is 242 g/mol. The number of carbonyl (C=O) groups excluding carboxylic acids is 1. The average molecular weight is 242 g/mol. The van der Waals surface area contributed by atoms with E-state index >= 15 is 0 Å². The molecule has 0 atom stereocenters. The van der Waals surface area contributed by atoms with Crippen LogP contribution >= 0.6 is 0 Å². The van der Waals surface area contributed by atoms with Gasteiger partial charge in [-0.15, -0.1) is 0 Å². The van der Waals surface area contributed by atoms with Crippen molar-refractivity contribution >= 4 is 17.3 Å². The molecule has 1 amide bonds. The molecule has 0 aliphatic rings. The molecule has 0 bridgehead atoms. The summed E-state index contributed by atoms with van der Waals surface area (Å²) in [5.41, 5.74) is 7.41. The molecule has 92 valence electrons. The van der Waals surface area contributed by atoms with Crippen LogP contribution in [0.3, 0.4) is 0 Å². The molecule has 0 aromatic heterocycles. The Bertz CT molecular complexity index is 518. The predicted molar refractivity (Wildman–Crippen MR) is 71.3 cm³/mol. The molecule has 4 nitrogen and oxygen atoms in total. The van der Waals surface area contributed by atoms with Crippen LogP contribution in [0.4, 0.5) is 11.4 Å². The van der Waals surface area contributed by atoms with Crippen LogP contribution in [0.2, 0.25) is 0 Å². The number of para-hydroxylation sites is 3. The number of hydrogen-bond acceptors (Lipinski definition) is 3. The maximum Gasteiger partial charge on any atom is 0.228 e. The third-order valence-corrected chi connectivity index (χ3v) is 2.58. The highest BCUT2D eigenvalue weighted by molar-refractivity contribution is 5.95. The van der Waals surface area contributed by atoms with Crippen molar-refractivity contribution in [3.63, 3.8) is 0 Å². The number of amides is 1. The summed E-state index contributed by atoms with van der Waals surface area (Å²) in [5.74, 6) is -0.0944. The number of benzene rings is 2. The molecule has 0 spiro atoms. The lowest BCUT2D eigenvalue weighted by Gasteiger charge is -2.08. The zero-order chi connectivity index (χ0) is 13.0. The quantitative estimate of drug-likeness (QED) is 0.722. The van der Waals surface area contributed by atoms with Crippen LogP contribution in [0.1, 0.15) is 5.56 Å². The van der Waals surface area contributed by atoms with Gasteiger partial charge in [-0.05, 0) is 18.2 Å². The Kier molecular flexibility index (Phi) is 3.48. The van der Waals surface area contributed by atoms with E-state index < -0.39 is 0 Å². The largest absolute Gasteiger partial charge is 0.508 e. The van der Waals surface area contributed by atoms with Crippen LogP contribution in [0.5, 0.6) is 5.75 Å². The van der Waals surface area contributed by atoms with Crippen molar-refractivity contribution in [2.75, 3.05) is 11.1 Å². The summed E-state index contributed by atoms with van der Waals surface area (Å²) in [4.78, 5) is 11.8. The van der Waals surface area contributed by atoms with E-state index in [-0.39, 0.29) is 18.1 Å². The van der Waals surface area contributed by atoms with E-state index in [1.807, 2.05) is 0 Å². The Hall–Kier alpha value is -2.49. The van der Waals surface area contributed by atoms with Crippen LogP contribution < -0.4 is 11.1 Å². The number of nitrogens with one attached hydrogen (secondary N) is 1. The molecular weight excluding hydrogens is 228 g/mol. The van der Waals surface area contributed by atoms with E-state index in [0.29, 0.717) is 16.9 Å². The Morgan fingerprint density at radius 2 is 1.78 bits per heavy atom. The first-order valence-electron chi connectivity index (χ1n) is 5.58. The fourth-order valence-electron chi connectivity index (χ4n) is 1.64. The molecule has 18 heavy (non-hydrogen) atoms. The van der Waals surface area contributed by atoms with Gasteiger partial charge in [-0.3, -0.25) is 4.79 Å². The van der Waals surface area contributed by atoms with Gasteiger partial charge in [-0.2, -0.15) is 0 Å². The second-order valence-corrected chi connectivity index (χ2v) is 3.94. The highest BCUT2D eigenvalue weighted by Crippen LogP contribution is 2.19. The number of carbonyl (C=O) groups is 1. The van der Waals surface area contributed by atoms with Gasteiger partial charge in [0.05, 0.1) is 17.8 Å². The van der Waals surface area contributed by atoms with Gasteiger partial charge in [0.1, 0.15) is 5.75 Å². The Morgan fingerprint density at radius 3 is 2.50 bits per heavy atom. The summed E-state index contributed by atoms with van der Waals surface area (Å²) in [6.45, 7) is 0. The zero-order valence-corrected chi connectivity index (χ0v) is 9.76. The van der Waals surface area contributed by atoms with Crippen LogP contribution in [0.25, 0.3) is 0 Å². The van der Waals surface area contributed by atoms with E-state index in [1.165, 1.54) is 0 Å². The van der Waals surface area contributed by atoms with Crippen LogP contribution in [-0.2, 0) is 11.2 Å². The molecular formula is C14H14N2O2. The van der Waals surface area contributed by atoms with Crippen LogP contribution in [0.15, 0.2) is 48.5 Å². The minimum Gasteiger partial charge on any atom is -0.508 e. The van der Waals surface area contributed by atoms with Gasteiger partial charge in [-0.1, -0.05) is 30.3 Å². The molecule has 0 heterocycles. The van der Waals surface area contributed by atoms with Gasteiger partial charge in [0.25, 0.3) is 0 Å². The Labute approximate surface area is 105 Å². The van der Waals surface area contributed by atoms with E-state index in [2.05, 4.69) is 5.32 Å². The summed E-state index contributed by atoms with van der Waals surface area (Å²) < 4.78 is 0. The third-order valence-electron chi connectivity index (χ3n) is 2.58. The minimum atomic E-state index is -0.214. The van der Waals surface area contributed by atoms with Crippen molar-refractivity contribution < 1.29 is 9.90 Å². The fraction of sp³-hybridized carbons (Fsp3) is 0.0714. The van der Waals surface area contributed by atoms with Gasteiger partial charge in [-0.25, -0.2) is 0 Å². The number of nitrogens with two attached hydrogens (primary N) is 1. The van der Waals surface area contributed by atoms with Gasteiger partial charge < -0.3 is 16.2 Å². The molecule has 0 radical (unpaired) electrons. The lowest BCUT2D eigenvalue weighted by atomic mass is 10.1. The highest BCUT2D eigenvalue weighted by atomic mass is 16.3. The molecule has 2 aromatic rings. The van der Waals surface area contributed by atoms with Crippen molar-refractivity contribution in [3.8, 4) is 5.75 Å². The first-order chi connectivity index (χ1) is 8.66. The van der Waals surface area contributed by atoms with E-state index in [9.17, 15) is 9.90 Å². The molecule has 0 aliphatic heterocycles. The lowest BCUT2D eigenvalue weighted by Crippen LogP contribution is -2.15. The molecule has 2 rings (SSSR count). The smallest absolute Gasteiger partial charge is 0.228 e. The van der Waals surface area contributed by atoms with E-state index in [1.54, 1.807) is 48.5 Å². The lowest BCUT2D eigenvalue weighted by molar-refractivity contribution is -0.115. The van der Waals surface area contributed by atoms with Gasteiger partial charge in [0.2, 0.25) is 5.91 Å². The van der Waals surface area contributed by atoms with Gasteiger partial charge in [0, 0.05) is 5.56 Å².